The zero-order chi connectivity index (χ0) is 14.6. The lowest BCUT2D eigenvalue weighted by Crippen LogP contribution is -2.27. The Morgan fingerprint density at radius 1 is 1.37 bits per heavy atom. The number of nitriles is 1. The lowest BCUT2D eigenvalue weighted by atomic mass is 9.85. The summed E-state index contributed by atoms with van der Waals surface area (Å²) >= 11 is 0. The van der Waals surface area contributed by atoms with E-state index in [2.05, 4.69) is 45.9 Å². The molecule has 0 radical (unpaired) electrons. The molecule has 0 fully saturated rings. The van der Waals surface area contributed by atoms with Crippen molar-refractivity contribution in [3.8, 4) is 6.07 Å². The van der Waals surface area contributed by atoms with Gasteiger partial charge in [-0.15, -0.1) is 0 Å². The molecule has 1 rings (SSSR count). The predicted molar refractivity (Wildman–Crippen MR) is 76.8 cm³/mol. The van der Waals surface area contributed by atoms with Crippen molar-refractivity contribution < 1.29 is 4.79 Å². The highest BCUT2D eigenvalue weighted by atomic mass is 16.2. The van der Waals surface area contributed by atoms with Crippen LogP contribution in [0.15, 0.2) is 18.2 Å². The number of hydrogen-bond donors (Lipinski definition) is 0. The van der Waals surface area contributed by atoms with Gasteiger partial charge in [-0.3, -0.25) is 4.79 Å². The van der Waals surface area contributed by atoms with Crippen LogP contribution in [0, 0.1) is 18.3 Å². The van der Waals surface area contributed by atoms with Crippen molar-refractivity contribution >= 4 is 5.91 Å². The molecule has 0 bridgehead atoms. The van der Waals surface area contributed by atoms with Crippen LogP contribution >= 0.6 is 0 Å². The van der Waals surface area contributed by atoms with Gasteiger partial charge >= 0.3 is 5.91 Å². The number of nitrogens with zero attached hydrogens (tertiary/aromatic N) is 2. The molecule has 0 aliphatic rings. The molecule has 3 nitrogen and oxygen atoms in total. The van der Waals surface area contributed by atoms with Crippen LogP contribution in [-0.2, 0) is 16.6 Å². The van der Waals surface area contributed by atoms with Gasteiger partial charge in [0.05, 0.1) is 0 Å². The molecule has 1 aromatic rings. The van der Waals surface area contributed by atoms with E-state index in [0.717, 1.165) is 6.42 Å². The fourth-order valence-corrected chi connectivity index (χ4v) is 1.92. The van der Waals surface area contributed by atoms with E-state index in [0.29, 0.717) is 6.54 Å². The molecule has 0 unspecified atom stereocenters. The maximum Gasteiger partial charge on any atom is 0.324 e. The second kappa shape index (κ2) is 5.88. The summed E-state index contributed by atoms with van der Waals surface area (Å²) in [5, 5.41) is 8.54. The first kappa shape index (κ1) is 15.2. The predicted octanol–water partition coefficient (Wildman–Crippen LogP) is 2.82. The van der Waals surface area contributed by atoms with Crippen LogP contribution in [0.5, 0.6) is 0 Å². The van der Waals surface area contributed by atoms with Crippen LogP contribution in [0.2, 0.25) is 0 Å². The highest BCUT2D eigenvalue weighted by Gasteiger charge is 2.14. The van der Waals surface area contributed by atoms with Gasteiger partial charge in [0.15, 0.2) is 6.07 Å². The Balaban J connectivity index is 2.77. The summed E-state index contributed by atoms with van der Waals surface area (Å²) in [6.45, 7) is 9.25. The molecule has 102 valence electrons. The number of carbonyl (C=O) groups is 1. The first-order valence-corrected chi connectivity index (χ1v) is 6.51. The van der Waals surface area contributed by atoms with Crippen molar-refractivity contribution in [2.24, 2.45) is 0 Å². The Morgan fingerprint density at radius 3 is 2.47 bits per heavy atom. The number of likely N-dealkylation sites (N-methyl/N-ethyl adjacent to an activating group) is 1. The Hall–Kier alpha value is -1.82. The van der Waals surface area contributed by atoms with Crippen molar-refractivity contribution in [2.45, 2.75) is 39.5 Å². The van der Waals surface area contributed by atoms with E-state index in [9.17, 15) is 4.79 Å². The summed E-state index contributed by atoms with van der Waals surface area (Å²) in [6.07, 6.45) is 0.778. The van der Waals surface area contributed by atoms with Crippen molar-refractivity contribution in [1.82, 2.24) is 4.90 Å². The van der Waals surface area contributed by atoms with Crippen LogP contribution in [-0.4, -0.2) is 24.4 Å². The average Bonchev–Trinajstić information content (AvgIpc) is 2.34. The molecule has 0 spiro atoms. The van der Waals surface area contributed by atoms with E-state index in [1.54, 1.807) is 13.1 Å². The molecule has 0 atom stereocenters. The van der Waals surface area contributed by atoms with Gasteiger partial charge in [0, 0.05) is 13.6 Å². The molecule has 0 saturated carbocycles. The molecule has 19 heavy (non-hydrogen) atoms. The third kappa shape index (κ3) is 4.10. The molecular formula is C16H22N2O. The lowest BCUT2D eigenvalue weighted by molar-refractivity contribution is -0.124. The quantitative estimate of drug-likeness (QED) is 0.782. The molecule has 0 saturated heterocycles. The maximum atomic E-state index is 11.2. The zero-order valence-corrected chi connectivity index (χ0v) is 12.4. The van der Waals surface area contributed by atoms with Crippen molar-refractivity contribution in [3.63, 3.8) is 0 Å². The minimum Gasteiger partial charge on any atom is -0.333 e. The van der Waals surface area contributed by atoms with E-state index in [1.165, 1.54) is 21.6 Å². The Morgan fingerprint density at radius 2 is 2.00 bits per heavy atom. The Kier molecular flexibility index (Phi) is 4.72. The summed E-state index contributed by atoms with van der Waals surface area (Å²) < 4.78 is 0. The highest BCUT2D eigenvalue weighted by Crippen LogP contribution is 2.24. The van der Waals surface area contributed by atoms with Crippen LogP contribution < -0.4 is 0 Å². The van der Waals surface area contributed by atoms with Crippen LogP contribution in [0.3, 0.4) is 0 Å². The molecule has 1 aromatic carbocycles. The molecule has 0 N–H and O–H groups in total. The van der Waals surface area contributed by atoms with Gasteiger partial charge in [-0.1, -0.05) is 39.0 Å². The molecular weight excluding hydrogens is 236 g/mol. The molecule has 0 aromatic heterocycles. The summed E-state index contributed by atoms with van der Waals surface area (Å²) in [5.74, 6) is -0.482. The smallest absolute Gasteiger partial charge is 0.324 e. The van der Waals surface area contributed by atoms with E-state index >= 15 is 0 Å². The van der Waals surface area contributed by atoms with Crippen LogP contribution in [0.4, 0.5) is 0 Å². The van der Waals surface area contributed by atoms with E-state index < -0.39 is 5.91 Å². The summed E-state index contributed by atoms with van der Waals surface area (Å²) in [4.78, 5) is 12.6. The summed E-state index contributed by atoms with van der Waals surface area (Å²) in [6, 6.07) is 8.11. The highest BCUT2D eigenvalue weighted by molar-refractivity contribution is 5.90. The minimum atomic E-state index is -0.482. The molecule has 0 heterocycles. The number of carbonyl (C=O) groups excluding carboxylic acids is 1. The molecule has 1 amide bonds. The van der Waals surface area contributed by atoms with E-state index in [-0.39, 0.29) is 5.41 Å². The van der Waals surface area contributed by atoms with Gasteiger partial charge in [0.1, 0.15) is 0 Å². The van der Waals surface area contributed by atoms with Gasteiger partial charge in [-0.05, 0) is 35.4 Å². The van der Waals surface area contributed by atoms with Gasteiger partial charge in [0.2, 0.25) is 0 Å². The third-order valence-corrected chi connectivity index (χ3v) is 3.37. The summed E-state index contributed by atoms with van der Waals surface area (Å²) in [5.41, 5.74) is 3.93. The fourth-order valence-electron chi connectivity index (χ4n) is 1.92. The fraction of sp³-hybridized carbons (Fsp3) is 0.500. The van der Waals surface area contributed by atoms with E-state index in [1.807, 2.05) is 0 Å². The van der Waals surface area contributed by atoms with Crippen molar-refractivity contribution in [3.05, 3.63) is 34.9 Å². The molecule has 0 aliphatic carbocycles. The Bertz CT molecular complexity index is 506. The normalized spacial score (nSPS) is 10.9. The minimum absolute atomic E-state index is 0.150. The first-order valence-electron chi connectivity index (χ1n) is 6.51. The number of benzene rings is 1. The van der Waals surface area contributed by atoms with Crippen LogP contribution in [0.25, 0.3) is 0 Å². The Labute approximate surface area is 115 Å². The summed E-state index contributed by atoms with van der Waals surface area (Å²) in [7, 11) is 1.66. The SMILES string of the molecule is Cc1cc(C(C)(C)C)ccc1CCN(C)C(=O)C#N. The number of rotatable bonds is 3. The maximum absolute atomic E-state index is 11.2. The largest absolute Gasteiger partial charge is 0.333 e. The molecule has 3 heteroatoms. The number of amides is 1. The lowest BCUT2D eigenvalue weighted by Gasteiger charge is -2.21. The van der Waals surface area contributed by atoms with Gasteiger partial charge in [0.25, 0.3) is 0 Å². The van der Waals surface area contributed by atoms with Crippen LogP contribution in [0.1, 0.15) is 37.5 Å². The number of hydrogen-bond acceptors (Lipinski definition) is 2. The standard InChI is InChI=1S/C16H22N2O/c1-12-10-14(16(2,3)4)7-6-13(12)8-9-18(5)15(19)11-17/h6-7,10H,8-9H2,1-5H3. The molecule has 0 aliphatic heterocycles. The first-order chi connectivity index (χ1) is 8.75. The zero-order valence-electron chi connectivity index (χ0n) is 12.4. The van der Waals surface area contributed by atoms with E-state index in [4.69, 9.17) is 5.26 Å². The second-order valence-corrected chi connectivity index (χ2v) is 5.98. The monoisotopic (exact) mass is 258 g/mol. The second-order valence-electron chi connectivity index (χ2n) is 5.98. The number of aryl methyl sites for hydroxylation is 1. The van der Waals surface area contributed by atoms with Crippen molar-refractivity contribution in [2.75, 3.05) is 13.6 Å². The third-order valence-electron chi connectivity index (χ3n) is 3.37. The average molecular weight is 258 g/mol. The van der Waals surface area contributed by atoms with Gasteiger partial charge < -0.3 is 4.90 Å². The van der Waals surface area contributed by atoms with Gasteiger partial charge in [-0.2, -0.15) is 5.26 Å². The topological polar surface area (TPSA) is 44.1 Å². The van der Waals surface area contributed by atoms with Gasteiger partial charge in [-0.25, -0.2) is 0 Å². The van der Waals surface area contributed by atoms with Crippen molar-refractivity contribution in [1.29, 1.82) is 5.26 Å².